The van der Waals surface area contributed by atoms with E-state index < -0.39 is 35.8 Å². The molecule has 15 heteroatoms. The highest BCUT2D eigenvalue weighted by atomic mass is 19.4. The van der Waals surface area contributed by atoms with E-state index in [0.29, 0.717) is 5.56 Å². The third-order valence-corrected chi connectivity index (χ3v) is 5.33. The van der Waals surface area contributed by atoms with E-state index in [1.54, 1.807) is 30.3 Å². The average Bonchev–Trinajstić information content (AvgIpc) is 3.35. The average molecular weight is 552 g/mol. The van der Waals surface area contributed by atoms with Crippen LogP contribution in [0.5, 0.6) is 11.5 Å². The van der Waals surface area contributed by atoms with Crippen molar-refractivity contribution in [2.45, 2.75) is 24.7 Å². The normalized spacial score (nSPS) is 12.1. The lowest BCUT2D eigenvalue weighted by Gasteiger charge is -2.36. The van der Waals surface area contributed by atoms with Gasteiger partial charge in [0.1, 0.15) is 11.5 Å². The minimum atomic E-state index is -5.02. The molecule has 0 saturated heterocycles. The number of benzene rings is 3. The fourth-order valence-electron chi connectivity index (χ4n) is 3.92. The van der Waals surface area contributed by atoms with Crippen LogP contribution in [0.4, 0.5) is 37.1 Å². The van der Waals surface area contributed by atoms with Gasteiger partial charge in [-0.25, -0.2) is 4.79 Å². The van der Waals surface area contributed by atoms with Gasteiger partial charge in [-0.05, 0) is 46.2 Å². The lowest BCUT2D eigenvalue weighted by molar-refractivity contribution is -0.275. The molecule has 39 heavy (non-hydrogen) atoms. The summed E-state index contributed by atoms with van der Waals surface area (Å²) in [6, 6.07) is 17.0. The zero-order chi connectivity index (χ0) is 28.1. The molecule has 204 valence electrons. The van der Waals surface area contributed by atoms with E-state index in [2.05, 4.69) is 40.7 Å². The number of aromatic amines is 1. The van der Waals surface area contributed by atoms with Gasteiger partial charge in [0.05, 0.1) is 5.54 Å². The molecule has 3 aromatic carbocycles. The molecule has 0 aliphatic carbocycles. The number of nitrogens with zero attached hydrogens (tertiary/aromatic N) is 3. The van der Waals surface area contributed by atoms with Crippen molar-refractivity contribution in [1.82, 2.24) is 25.9 Å². The Balaban J connectivity index is 1.89. The van der Waals surface area contributed by atoms with Crippen molar-refractivity contribution in [2.75, 3.05) is 5.32 Å². The number of hydrogen-bond donors (Lipinski definition) is 3. The van der Waals surface area contributed by atoms with Crippen molar-refractivity contribution in [1.29, 1.82) is 0 Å². The first-order valence-electron chi connectivity index (χ1n) is 11.0. The Labute approximate surface area is 216 Å². The SMILES string of the molecule is O=C(Nc1nn[nH]n1)NC(Cc1ccccc1)(c1cccc(OC(F)(F)F)c1)c1cccc(OC(F)(F)F)c1. The number of carbonyl (C=O) groups excluding carboxylic acids is 1. The van der Waals surface area contributed by atoms with E-state index in [-0.39, 0.29) is 23.5 Å². The number of ether oxygens (including phenoxy) is 2. The van der Waals surface area contributed by atoms with Gasteiger partial charge in [-0.15, -0.1) is 31.4 Å². The highest BCUT2D eigenvalue weighted by molar-refractivity contribution is 5.88. The van der Waals surface area contributed by atoms with Crippen molar-refractivity contribution in [3.05, 3.63) is 95.6 Å². The Kier molecular flexibility index (Phi) is 7.60. The second-order valence-electron chi connectivity index (χ2n) is 8.03. The van der Waals surface area contributed by atoms with Gasteiger partial charge in [-0.3, -0.25) is 5.32 Å². The van der Waals surface area contributed by atoms with Gasteiger partial charge < -0.3 is 14.8 Å². The van der Waals surface area contributed by atoms with E-state index in [1.807, 2.05) is 0 Å². The Morgan fingerprint density at radius 1 is 0.795 bits per heavy atom. The Morgan fingerprint density at radius 2 is 1.36 bits per heavy atom. The van der Waals surface area contributed by atoms with Gasteiger partial charge in [0, 0.05) is 6.42 Å². The highest BCUT2D eigenvalue weighted by Gasteiger charge is 2.39. The molecule has 0 saturated carbocycles. The topological polar surface area (TPSA) is 114 Å². The second-order valence-corrected chi connectivity index (χ2v) is 8.03. The summed E-state index contributed by atoms with van der Waals surface area (Å²) in [6.45, 7) is 0. The number of tetrazole rings is 1. The van der Waals surface area contributed by atoms with Crippen molar-refractivity contribution >= 4 is 12.0 Å². The van der Waals surface area contributed by atoms with Crippen LogP contribution in [0, 0.1) is 0 Å². The molecule has 0 atom stereocenters. The summed E-state index contributed by atoms with van der Waals surface area (Å²) < 4.78 is 86.3. The summed E-state index contributed by atoms with van der Waals surface area (Å²) >= 11 is 0. The van der Waals surface area contributed by atoms with Gasteiger partial charge in [-0.2, -0.15) is 5.21 Å². The van der Waals surface area contributed by atoms with Crippen LogP contribution in [0.25, 0.3) is 0 Å². The number of H-pyrrole nitrogens is 1. The molecule has 0 radical (unpaired) electrons. The standard InChI is InChI=1S/C24H18F6N6O3/c25-23(26,27)38-18-10-4-8-16(12-18)22(14-15-6-2-1-3-7-15,32-21(37)31-20-33-35-36-34-20)17-9-5-11-19(13-17)39-24(28,29)30/h1-13H,14H2,(H3,31,32,33,34,35,36,37). The van der Waals surface area contributed by atoms with Crippen LogP contribution < -0.4 is 20.1 Å². The van der Waals surface area contributed by atoms with E-state index in [0.717, 1.165) is 24.3 Å². The Morgan fingerprint density at radius 3 is 1.85 bits per heavy atom. The van der Waals surface area contributed by atoms with E-state index in [4.69, 9.17) is 0 Å². The number of amides is 2. The van der Waals surface area contributed by atoms with Gasteiger partial charge in [0.25, 0.3) is 5.95 Å². The maximum atomic E-state index is 13.1. The van der Waals surface area contributed by atoms with Crippen molar-refractivity contribution in [2.24, 2.45) is 0 Å². The van der Waals surface area contributed by atoms with Crippen molar-refractivity contribution < 1.29 is 40.6 Å². The molecular formula is C24H18F6N6O3. The molecule has 4 rings (SSSR count). The third kappa shape index (κ3) is 7.37. The molecular weight excluding hydrogens is 534 g/mol. The number of rotatable bonds is 8. The highest BCUT2D eigenvalue weighted by Crippen LogP contribution is 2.38. The van der Waals surface area contributed by atoms with Crippen molar-refractivity contribution in [3.63, 3.8) is 0 Å². The molecule has 0 aliphatic heterocycles. The first-order chi connectivity index (χ1) is 18.4. The fourth-order valence-corrected chi connectivity index (χ4v) is 3.92. The summed E-state index contributed by atoms with van der Waals surface area (Å²) in [7, 11) is 0. The fraction of sp³-hybridized carbons (Fsp3) is 0.167. The molecule has 3 N–H and O–H groups in total. The molecule has 1 heterocycles. The summed E-state index contributed by atoms with van der Waals surface area (Å²) in [5, 5.41) is 17.7. The van der Waals surface area contributed by atoms with Crippen LogP contribution in [0.15, 0.2) is 78.9 Å². The zero-order valence-electron chi connectivity index (χ0n) is 19.5. The summed E-state index contributed by atoms with van der Waals surface area (Å²) in [5.74, 6) is -1.45. The van der Waals surface area contributed by atoms with Gasteiger partial charge in [0.15, 0.2) is 0 Å². The summed E-state index contributed by atoms with van der Waals surface area (Å²) in [4.78, 5) is 13.1. The molecule has 0 aliphatic rings. The molecule has 0 bridgehead atoms. The third-order valence-electron chi connectivity index (χ3n) is 5.33. The number of halogens is 6. The van der Waals surface area contributed by atoms with Crippen LogP contribution in [0.2, 0.25) is 0 Å². The van der Waals surface area contributed by atoms with Gasteiger partial charge in [0.2, 0.25) is 0 Å². The minimum Gasteiger partial charge on any atom is -0.406 e. The Hall–Kier alpha value is -4.82. The summed E-state index contributed by atoms with van der Waals surface area (Å²) in [6.07, 6.45) is -10.2. The monoisotopic (exact) mass is 552 g/mol. The quantitative estimate of drug-likeness (QED) is 0.256. The lowest BCUT2D eigenvalue weighted by atomic mass is 9.77. The first kappa shape index (κ1) is 27.2. The van der Waals surface area contributed by atoms with E-state index in [1.165, 1.54) is 24.3 Å². The predicted molar refractivity (Wildman–Crippen MR) is 124 cm³/mol. The van der Waals surface area contributed by atoms with Crippen LogP contribution in [-0.4, -0.2) is 39.4 Å². The lowest BCUT2D eigenvalue weighted by Crippen LogP contribution is -2.50. The largest absolute Gasteiger partial charge is 0.573 e. The predicted octanol–water partition coefficient (Wildman–Crippen LogP) is 5.30. The van der Waals surface area contributed by atoms with Crippen LogP contribution >= 0.6 is 0 Å². The number of hydrogen-bond acceptors (Lipinski definition) is 6. The maximum Gasteiger partial charge on any atom is 0.573 e. The molecule has 0 spiro atoms. The number of nitrogens with one attached hydrogen (secondary N) is 3. The number of carbonyl (C=O) groups is 1. The zero-order valence-corrected chi connectivity index (χ0v) is 19.5. The molecule has 2 amide bonds. The van der Waals surface area contributed by atoms with E-state index in [9.17, 15) is 31.1 Å². The van der Waals surface area contributed by atoms with Gasteiger partial charge >= 0.3 is 18.8 Å². The number of aromatic nitrogens is 4. The first-order valence-corrected chi connectivity index (χ1v) is 11.0. The number of anilines is 1. The van der Waals surface area contributed by atoms with Crippen LogP contribution in [0.1, 0.15) is 16.7 Å². The Bertz CT molecular complexity index is 1340. The maximum absolute atomic E-state index is 13.1. The second kappa shape index (κ2) is 10.9. The molecule has 1 aromatic heterocycles. The molecule has 0 unspecified atom stereocenters. The van der Waals surface area contributed by atoms with Crippen LogP contribution in [0.3, 0.4) is 0 Å². The summed E-state index contributed by atoms with van der Waals surface area (Å²) in [5.41, 5.74) is -1.06. The minimum absolute atomic E-state index is 0.0560. The smallest absolute Gasteiger partial charge is 0.406 e. The molecule has 4 aromatic rings. The molecule has 9 nitrogen and oxygen atoms in total. The van der Waals surface area contributed by atoms with E-state index >= 15 is 0 Å². The molecule has 0 fully saturated rings. The van der Waals surface area contributed by atoms with Gasteiger partial charge in [-0.1, -0.05) is 59.7 Å². The number of alkyl halides is 6. The van der Waals surface area contributed by atoms with Crippen molar-refractivity contribution in [3.8, 4) is 11.5 Å². The number of urea groups is 1. The van der Waals surface area contributed by atoms with Crippen LogP contribution in [-0.2, 0) is 12.0 Å².